The number of aliphatic hydroxyl groups excluding tert-OH is 1. The number of likely N-dealkylation sites (N-methyl/N-ethyl adjacent to an activating group) is 1. The van der Waals surface area contributed by atoms with Crippen LogP contribution in [0.1, 0.15) is 42.0 Å². The fraction of sp³-hybridized carbons (Fsp3) is 0.500. The largest absolute Gasteiger partial charge is 0.491 e. The number of ether oxygens (including phenoxy) is 2. The van der Waals surface area contributed by atoms with Crippen molar-refractivity contribution >= 4 is 11.6 Å². The van der Waals surface area contributed by atoms with Crippen molar-refractivity contribution in [3.05, 3.63) is 45.9 Å². The zero-order chi connectivity index (χ0) is 24.9. The van der Waals surface area contributed by atoms with Gasteiger partial charge in [-0.05, 0) is 77.3 Å². The quantitative estimate of drug-likeness (QED) is 0.421. The van der Waals surface area contributed by atoms with E-state index in [1.54, 1.807) is 19.2 Å². The molecule has 1 fully saturated rings. The summed E-state index contributed by atoms with van der Waals surface area (Å²) in [4.78, 5) is 9.87. The number of aromatic nitrogens is 3. The van der Waals surface area contributed by atoms with Gasteiger partial charge in [0, 0.05) is 24.4 Å². The molecule has 0 saturated carbocycles. The van der Waals surface area contributed by atoms with E-state index in [0.717, 1.165) is 60.5 Å². The molecule has 2 N–H and O–H groups in total. The number of halogens is 1. The summed E-state index contributed by atoms with van der Waals surface area (Å²) in [6, 6.07) is 5.36. The first-order chi connectivity index (χ1) is 16.9. The minimum atomic E-state index is -0.620. The molecule has 3 aromatic rings. The van der Waals surface area contributed by atoms with Crippen molar-refractivity contribution < 1.29 is 19.1 Å². The summed E-state index contributed by atoms with van der Waals surface area (Å²) in [5.41, 5.74) is 5.07. The van der Waals surface area contributed by atoms with Crippen LogP contribution in [0.25, 0.3) is 22.6 Å². The van der Waals surface area contributed by atoms with Gasteiger partial charge in [-0.25, -0.2) is 9.97 Å². The van der Waals surface area contributed by atoms with Crippen LogP contribution in [0, 0.1) is 20.8 Å². The Hall–Kier alpha value is -2.52. The van der Waals surface area contributed by atoms with Gasteiger partial charge in [-0.1, -0.05) is 16.8 Å². The fourth-order valence-electron chi connectivity index (χ4n) is 4.41. The molecule has 2 aromatic heterocycles. The lowest BCUT2D eigenvalue weighted by Crippen LogP contribution is -2.29. The average molecular weight is 501 g/mol. The van der Waals surface area contributed by atoms with Crippen LogP contribution in [0.2, 0.25) is 5.02 Å². The molecular weight excluding hydrogens is 468 g/mol. The Kier molecular flexibility index (Phi) is 8.38. The van der Waals surface area contributed by atoms with Crippen molar-refractivity contribution in [1.29, 1.82) is 0 Å². The number of nitrogens with one attached hydrogen (secondary N) is 1. The van der Waals surface area contributed by atoms with Crippen LogP contribution >= 0.6 is 11.6 Å². The lowest BCUT2D eigenvalue weighted by molar-refractivity contribution is 0.104. The highest BCUT2D eigenvalue weighted by molar-refractivity contribution is 6.33. The van der Waals surface area contributed by atoms with Gasteiger partial charge in [0.2, 0.25) is 0 Å². The second-order valence-corrected chi connectivity index (χ2v) is 9.41. The Morgan fingerprint density at radius 1 is 1.26 bits per heavy atom. The van der Waals surface area contributed by atoms with Crippen molar-refractivity contribution in [2.75, 3.05) is 26.8 Å². The second kappa shape index (κ2) is 11.5. The molecule has 1 aliphatic rings. The van der Waals surface area contributed by atoms with Crippen molar-refractivity contribution in [1.82, 2.24) is 20.4 Å². The number of benzene rings is 1. The molecule has 0 spiro atoms. The Labute approximate surface area is 211 Å². The van der Waals surface area contributed by atoms with Crippen LogP contribution in [-0.2, 0) is 11.2 Å². The smallest absolute Gasteiger partial charge is 0.161 e. The number of rotatable bonds is 10. The Morgan fingerprint density at radius 3 is 2.77 bits per heavy atom. The maximum atomic E-state index is 10.00. The van der Waals surface area contributed by atoms with E-state index in [4.69, 9.17) is 35.6 Å². The Morgan fingerprint density at radius 2 is 2.09 bits per heavy atom. The number of aryl methyl sites for hydroxylation is 3. The van der Waals surface area contributed by atoms with Crippen LogP contribution in [0.4, 0.5) is 0 Å². The molecule has 0 bridgehead atoms. The molecule has 3 heterocycles. The minimum Gasteiger partial charge on any atom is -0.491 e. The van der Waals surface area contributed by atoms with Gasteiger partial charge < -0.3 is 24.4 Å². The number of hydrogen-bond donors (Lipinski definition) is 2. The van der Waals surface area contributed by atoms with E-state index < -0.39 is 6.10 Å². The molecule has 2 atom stereocenters. The maximum Gasteiger partial charge on any atom is 0.161 e. The van der Waals surface area contributed by atoms with Gasteiger partial charge in [0.15, 0.2) is 5.82 Å². The summed E-state index contributed by atoms with van der Waals surface area (Å²) in [5.74, 6) is 1.81. The Bertz CT molecular complexity index is 1140. The second-order valence-electron chi connectivity index (χ2n) is 9.00. The van der Waals surface area contributed by atoms with Crippen LogP contribution in [-0.4, -0.2) is 59.2 Å². The monoisotopic (exact) mass is 500 g/mol. The summed E-state index contributed by atoms with van der Waals surface area (Å²) in [6.45, 7) is 7.27. The average Bonchev–Trinajstić information content (AvgIpc) is 3.48. The lowest BCUT2D eigenvalue weighted by Gasteiger charge is -2.16. The SMILES string of the molecule is CNCC(O)COc1ccc(Cl)c(-c2nc(CC[C@@H]3CCCO3)c(C)c(-c3c(C)noc3C)n2)c1. The molecule has 1 saturated heterocycles. The first-order valence-electron chi connectivity index (χ1n) is 12.0. The third-order valence-electron chi connectivity index (χ3n) is 6.30. The Balaban J connectivity index is 1.72. The minimum absolute atomic E-state index is 0.160. The zero-order valence-electron chi connectivity index (χ0n) is 20.7. The highest BCUT2D eigenvalue weighted by Crippen LogP contribution is 2.35. The van der Waals surface area contributed by atoms with Crippen LogP contribution in [0.15, 0.2) is 22.7 Å². The third-order valence-corrected chi connectivity index (χ3v) is 6.63. The molecule has 4 rings (SSSR count). The van der Waals surface area contributed by atoms with Crippen molar-refractivity contribution in [3.8, 4) is 28.4 Å². The van der Waals surface area contributed by atoms with Gasteiger partial charge in [-0.2, -0.15) is 0 Å². The van der Waals surface area contributed by atoms with Gasteiger partial charge in [0.05, 0.1) is 28.1 Å². The van der Waals surface area contributed by atoms with E-state index in [-0.39, 0.29) is 12.7 Å². The van der Waals surface area contributed by atoms with Crippen molar-refractivity contribution in [2.24, 2.45) is 0 Å². The van der Waals surface area contributed by atoms with E-state index in [1.807, 2.05) is 26.8 Å². The summed E-state index contributed by atoms with van der Waals surface area (Å²) in [6.07, 6.45) is 3.50. The molecule has 8 nitrogen and oxygen atoms in total. The molecule has 9 heteroatoms. The summed E-state index contributed by atoms with van der Waals surface area (Å²) < 4.78 is 17.1. The van der Waals surface area contributed by atoms with E-state index in [1.165, 1.54) is 0 Å². The van der Waals surface area contributed by atoms with Crippen LogP contribution < -0.4 is 10.1 Å². The number of hydrogen-bond acceptors (Lipinski definition) is 8. The molecule has 35 heavy (non-hydrogen) atoms. The molecular formula is C26H33ClN4O4. The summed E-state index contributed by atoms with van der Waals surface area (Å²) in [7, 11) is 1.78. The van der Waals surface area contributed by atoms with E-state index >= 15 is 0 Å². The summed E-state index contributed by atoms with van der Waals surface area (Å²) in [5, 5.41) is 17.6. The number of aliphatic hydroxyl groups is 1. The first kappa shape index (κ1) is 25.6. The standard InChI is InChI=1S/C26H33ClN4O4/c1-15-23(10-8-19-6-5-11-33-19)29-26(30-25(15)24-16(2)31-35-17(24)3)21-12-20(7-9-22(21)27)34-14-18(32)13-28-4/h7,9,12,18-19,28,32H,5-6,8,10-11,13-14H2,1-4H3/t18?,19-/m0/s1. The fourth-order valence-corrected chi connectivity index (χ4v) is 4.62. The third kappa shape index (κ3) is 6.01. The zero-order valence-corrected chi connectivity index (χ0v) is 21.5. The lowest BCUT2D eigenvalue weighted by atomic mass is 10.00. The molecule has 0 amide bonds. The summed E-state index contributed by atoms with van der Waals surface area (Å²) >= 11 is 6.61. The topological polar surface area (TPSA) is 103 Å². The van der Waals surface area contributed by atoms with Crippen LogP contribution in [0.3, 0.4) is 0 Å². The highest BCUT2D eigenvalue weighted by Gasteiger charge is 2.23. The normalized spacial score (nSPS) is 16.6. The highest BCUT2D eigenvalue weighted by atomic mass is 35.5. The van der Waals surface area contributed by atoms with Gasteiger partial charge in [0.25, 0.3) is 0 Å². The van der Waals surface area contributed by atoms with Crippen molar-refractivity contribution in [3.63, 3.8) is 0 Å². The molecule has 1 aromatic carbocycles. The van der Waals surface area contributed by atoms with Crippen LogP contribution in [0.5, 0.6) is 5.75 Å². The molecule has 188 valence electrons. The van der Waals surface area contributed by atoms with E-state index in [0.29, 0.717) is 34.5 Å². The van der Waals surface area contributed by atoms with Gasteiger partial charge in [-0.3, -0.25) is 0 Å². The maximum absolute atomic E-state index is 10.00. The molecule has 1 aliphatic heterocycles. The molecule has 1 unspecified atom stereocenters. The first-order valence-corrected chi connectivity index (χ1v) is 12.4. The predicted molar refractivity (Wildman–Crippen MR) is 135 cm³/mol. The van der Waals surface area contributed by atoms with Crippen molar-refractivity contribution in [2.45, 2.75) is 58.7 Å². The van der Waals surface area contributed by atoms with Gasteiger partial charge in [-0.15, -0.1) is 0 Å². The van der Waals surface area contributed by atoms with Gasteiger partial charge >= 0.3 is 0 Å². The molecule has 0 aliphatic carbocycles. The predicted octanol–water partition coefficient (Wildman–Crippen LogP) is 4.45. The number of nitrogens with zero attached hydrogens (tertiary/aromatic N) is 3. The van der Waals surface area contributed by atoms with Gasteiger partial charge in [0.1, 0.15) is 24.2 Å². The van der Waals surface area contributed by atoms with E-state index in [9.17, 15) is 5.11 Å². The van der Waals surface area contributed by atoms with E-state index in [2.05, 4.69) is 10.5 Å². The molecule has 0 radical (unpaired) electrons.